The van der Waals surface area contributed by atoms with Crippen molar-refractivity contribution in [3.05, 3.63) is 28.7 Å². The highest BCUT2D eigenvalue weighted by atomic mass is 79.9. The van der Waals surface area contributed by atoms with Crippen LogP contribution in [0.15, 0.2) is 33.6 Å². The Morgan fingerprint density at radius 3 is 2.42 bits per heavy atom. The van der Waals surface area contributed by atoms with Crippen LogP contribution in [0.3, 0.4) is 0 Å². The molecule has 0 amide bonds. The fourth-order valence-corrected chi connectivity index (χ4v) is 2.13. The summed E-state index contributed by atoms with van der Waals surface area (Å²) in [5.74, 6) is -2.83. The van der Waals surface area contributed by atoms with E-state index < -0.39 is 16.9 Å². The minimum absolute atomic E-state index is 0.132. The summed E-state index contributed by atoms with van der Waals surface area (Å²) in [4.78, 5) is 0.132. The molecule has 1 aromatic carbocycles. The molecule has 0 saturated carbocycles. The van der Waals surface area contributed by atoms with E-state index in [-0.39, 0.29) is 4.90 Å². The summed E-state index contributed by atoms with van der Waals surface area (Å²) in [6.07, 6.45) is 0. The predicted octanol–water partition coefficient (Wildman–Crippen LogP) is 2.78. The van der Waals surface area contributed by atoms with E-state index in [9.17, 15) is 13.3 Å². The second kappa shape index (κ2) is 4.20. The highest BCUT2D eigenvalue weighted by Crippen LogP contribution is 2.25. The van der Waals surface area contributed by atoms with Crippen LogP contribution in [0.2, 0.25) is 0 Å². The zero-order valence-corrected chi connectivity index (χ0v) is 8.24. The lowest BCUT2D eigenvalue weighted by Crippen LogP contribution is -2.11. The topological polar surface area (TPSA) is 23.1 Å². The van der Waals surface area contributed by atoms with Gasteiger partial charge in [-0.25, -0.2) is 0 Å². The maximum absolute atomic E-state index is 12.0. The van der Waals surface area contributed by atoms with Gasteiger partial charge in [-0.15, -0.1) is 0 Å². The maximum atomic E-state index is 12.0. The van der Waals surface area contributed by atoms with Crippen molar-refractivity contribution in [3.63, 3.8) is 0 Å². The Morgan fingerprint density at radius 1 is 1.33 bits per heavy atom. The summed E-state index contributed by atoms with van der Waals surface area (Å²) < 4.78 is 35.3. The molecule has 0 radical (unpaired) electrons. The summed E-state index contributed by atoms with van der Waals surface area (Å²) in [7, 11) is 0. The Hall–Kier alpha value is -0.130. The molecule has 66 valence electrons. The van der Waals surface area contributed by atoms with E-state index in [1.54, 1.807) is 18.2 Å². The number of halogens is 3. The lowest BCUT2D eigenvalue weighted by molar-refractivity contribution is 0.234. The van der Waals surface area contributed by atoms with Crippen molar-refractivity contribution in [1.82, 2.24) is 0 Å². The van der Waals surface area contributed by atoms with E-state index in [0.29, 0.717) is 4.47 Å². The molecule has 0 aliphatic heterocycles. The molecule has 1 nitrogen and oxygen atoms in total. The van der Waals surface area contributed by atoms with Crippen molar-refractivity contribution in [3.8, 4) is 0 Å². The molecule has 0 N–H and O–H groups in total. The Balaban J connectivity index is 2.94. The summed E-state index contributed by atoms with van der Waals surface area (Å²) in [5.41, 5.74) is 0. The van der Waals surface area contributed by atoms with Gasteiger partial charge < -0.3 is 4.55 Å². The van der Waals surface area contributed by atoms with Gasteiger partial charge in [0.25, 0.3) is 0 Å². The monoisotopic (exact) mass is 254 g/mol. The van der Waals surface area contributed by atoms with E-state index in [1.807, 2.05) is 0 Å². The van der Waals surface area contributed by atoms with Crippen LogP contribution in [-0.2, 0) is 11.2 Å². The summed E-state index contributed by atoms with van der Waals surface area (Å²) >= 11 is 0.812. The van der Waals surface area contributed by atoms with Gasteiger partial charge in [-0.1, -0.05) is 12.1 Å². The van der Waals surface area contributed by atoms with Gasteiger partial charge >= 0.3 is 5.76 Å². The van der Waals surface area contributed by atoms with Crippen LogP contribution in [0.5, 0.6) is 0 Å². The SMILES string of the molecule is [O-][S+](c1ccccc1Br)C(F)F. The molecular formula is C7H5BrF2OS. The first-order valence-electron chi connectivity index (χ1n) is 3.06. The van der Waals surface area contributed by atoms with E-state index >= 15 is 0 Å². The van der Waals surface area contributed by atoms with E-state index in [2.05, 4.69) is 15.9 Å². The van der Waals surface area contributed by atoms with Gasteiger partial charge in [0, 0.05) is 0 Å². The van der Waals surface area contributed by atoms with Crippen molar-refractivity contribution in [1.29, 1.82) is 0 Å². The van der Waals surface area contributed by atoms with Crippen LogP contribution >= 0.6 is 15.9 Å². The average molecular weight is 255 g/mol. The molecular weight excluding hydrogens is 250 g/mol. The van der Waals surface area contributed by atoms with Crippen LogP contribution in [0, 0.1) is 0 Å². The molecule has 12 heavy (non-hydrogen) atoms. The standard InChI is InChI=1S/C7H5BrF2OS/c8-5-3-1-2-4-6(5)12(11)7(9)10/h1-4,7H. The lowest BCUT2D eigenvalue weighted by atomic mass is 10.4. The van der Waals surface area contributed by atoms with Gasteiger partial charge in [0.2, 0.25) is 0 Å². The molecule has 1 unspecified atom stereocenters. The Labute approximate surface area is 80.1 Å². The van der Waals surface area contributed by atoms with E-state index in [4.69, 9.17) is 0 Å². The molecule has 0 fully saturated rings. The number of rotatable bonds is 2. The number of hydrogen-bond acceptors (Lipinski definition) is 1. The highest BCUT2D eigenvalue weighted by Gasteiger charge is 2.24. The van der Waals surface area contributed by atoms with Crippen LogP contribution in [-0.4, -0.2) is 10.3 Å². The summed E-state index contributed by atoms with van der Waals surface area (Å²) in [6, 6.07) is 6.23. The molecule has 0 bridgehead atoms. The van der Waals surface area contributed by atoms with Gasteiger partial charge in [0.15, 0.2) is 4.90 Å². The molecule has 0 heterocycles. The fraction of sp³-hybridized carbons (Fsp3) is 0.143. The number of hydrogen-bond donors (Lipinski definition) is 0. The van der Waals surface area contributed by atoms with Crippen LogP contribution in [0.4, 0.5) is 8.78 Å². The summed E-state index contributed by atoms with van der Waals surface area (Å²) in [5, 5.41) is 0. The third kappa shape index (κ3) is 2.18. The average Bonchev–Trinajstić information content (AvgIpc) is 2.04. The predicted molar refractivity (Wildman–Crippen MR) is 46.6 cm³/mol. The minimum Gasteiger partial charge on any atom is -0.607 e. The number of alkyl halides is 2. The fourth-order valence-electron chi connectivity index (χ4n) is 0.704. The quantitative estimate of drug-likeness (QED) is 0.745. The van der Waals surface area contributed by atoms with Gasteiger partial charge in [-0.2, -0.15) is 8.78 Å². The third-order valence-electron chi connectivity index (χ3n) is 1.22. The van der Waals surface area contributed by atoms with Crippen molar-refractivity contribution in [2.24, 2.45) is 0 Å². The van der Waals surface area contributed by atoms with Gasteiger partial charge in [0.05, 0.1) is 15.6 Å². The molecule has 0 aromatic heterocycles. The van der Waals surface area contributed by atoms with Gasteiger partial charge in [-0.3, -0.25) is 0 Å². The van der Waals surface area contributed by atoms with Gasteiger partial charge in [-0.05, 0) is 28.1 Å². The molecule has 1 aromatic rings. The first kappa shape index (κ1) is 9.95. The molecule has 0 saturated heterocycles. The second-order valence-corrected chi connectivity index (χ2v) is 4.23. The lowest BCUT2D eigenvalue weighted by Gasteiger charge is -2.09. The van der Waals surface area contributed by atoms with E-state index in [1.165, 1.54) is 6.07 Å². The van der Waals surface area contributed by atoms with Crippen LogP contribution in [0.1, 0.15) is 0 Å². The molecule has 1 atom stereocenters. The highest BCUT2D eigenvalue weighted by molar-refractivity contribution is 9.10. The van der Waals surface area contributed by atoms with Crippen molar-refractivity contribution >= 4 is 27.1 Å². The first-order chi connectivity index (χ1) is 5.63. The second-order valence-electron chi connectivity index (χ2n) is 1.99. The third-order valence-corrected chi connectivity index (χ3v) is 3.28. The Bertz CT molecular complexity index is 269. The Morgan fingerprint density at radius 2 is 1.92 bits per heavy atom. The molecule has 1 rings (SSSR count). The maximum Gasteiger partial charge on any atom is 0.402 e. The van der Waals surface area contributed by atoms with Crippen LogP contribution < -0.4 is 0 Å². The zero-order chi connectivity index (χ0) is 9.14. The minimum atomic E-state index is -2.83. The van der Waals surface area contributed by atoms with Crippen molar-refractivity contribution in [2.45, 2.75) is 10.7 Å². The Kier molecular flexibility index (Phi) is 3.49. The zero-order valence-electron chi connectivity index (χ0n) is 5.84. The van der Waals surface area contributed by atoms with Crippen molar-refractivity contribution in [2.75, 3.05) is 0 Å². The first-order valence-corrected chi connectivity index (χ1v) is 5.07. The smallest absolute Gasteiger partial charge is 0.402 e. The largest absolute Gasteiger partial charge is 0.607 e. The molecule has 0 aliphatic rings. The normalized spacial score (nSPS) is 13.4. The van der Waals surface area contributed by atoms with E-state index in [0.717, 1.165) is 0 Å². The number of benzene rings is 1. The van der Waals surface area contributed by atoms with Crippen molar-refractivity contribution < 1.29 is 13.3 Å². The van der Waals surface area contributed by atoms with Gasteiger partial charge in [0.1, 0.15) is 0 Å². The summed E-state index contributed by atoms with van der Waals surface area (Å²) in [6.45, 7) is 0. The molecule has 5 heteroatoms. The molecule has 0 aliphatic carbocycles. The van der Waals surface area contributed by atoms with Crippen LogP contribution in [0.25, 0.3) is 0 Å². The molecule has 0 spiro atoms.